The van der Waals surface area contributed by atoms with Gasteiger partial charge in [0.2, 0.25) is 0 Å². The zero-order chi connectivity index (χ0) is 20.2. The fraction of sp³-hybridized carbons (Fsp3) is 0.304. The van der Waals surface area contributed by atoms with Crippen molar-refractivity contribution in [2.24, 2.45) is 0 Å². The highest BCUT2D eigenvalue weighted by atomic mass is 35.5. The molecule has 0 spiro atoms. The van der Waals surface area contributed by atoms with Crippen LogP contribution in [0.4, 0.5) is 10.1 Å². The van der Waals surface area contributed by atoms with Crippen LogP contribution in [0.1, 0.15) is 22.5 Å². The van der Waals surface area contributed by atoms with Crippen molar-refractivity contribution in [1.82, 2.24) is 14.7 Å². The molecule has 1 fully saturated rings. The van der Waals surface area contributed by atoms with E-state index in [1.54, 1.807) is 6.20 Å². The van der Waals surface area contributed by atoms with Crippen LogP contribution < -0.4 is 4.90 Å². The van der Waals surface area contributed by atoms with Crippen molar-refractivity contribution in [3.8, 4) is 5.69 Å². The number of hydrogen-bond acceptors (Lipinski definition) is 4. The number of aromatic nitrogens is 2. The van der Waals surface area contributed by atoms with Crippen LogP contribution in [0.3, 0.4) is 0 Å². The van der Waals surface area contributed by atoms with E-state index in [0.29, 0.717) is 12.0 Å². The number of Topliss-reactive ketones (excluding diaryl/α,β-unsaturated/α-hetero) is 1. The van der Waals surface area contributed by atoms with Crippen LogP contribution in [0.5, 0.6) is 0 Å². The number of ketones is 1. The number of carbonyl (C=O) groups excluding carboxylic acids is 1. The van der Waals surface area contributed by atoms with Crippen LogP contribution >= 0.6 is 12.4 Å². The molecule has 0 saturated carbocycles. The summed E-state index contributed by atoms with van der Waals surface area (Å²) in [5, 5.41) is 4.40. The molecular formula is C23H26ClFN4O. The normalized spacial score (nSPS) is 14.4. The second-order valence-corrected chi connectivity index (χ2v) is 7.37. The fourth-order valence-electron chi connectivity index (χ4n) is 3.79. The van der Waals surface area contributed by atoms with Gasteiger partial charge >= 0.3 is 0 Å². The summed E-state index contributed by atoms with van der Waals surface area (Å²) in [6.07, 6.45) is 2.16. The first kappa shape index (κ1) is 22.0. The Bertz CT molecular complexity index is 967. The number of rotatable bonds is 6. The first-order valence-electron chi connectivity index (χ1n) is 9.98. The highest BCUT2D eigenvalue weighted by Gasteiger charge is 2.20. The van der Waals surface area contributed by atoms with E-state index < -0.39 is 0 Å². The average Bonchev–Trinajstić information content (AvgIpc) is 3.15. The lowest BCUT2D eigenvalue weighted by Crippen LogP contribution is -2.46. The Morgan fingerprint density at radius 1 is 0.967 bits per heavy atom. The van der Waals surface area contributed by atoms with Gasteiger partial charge in [0.05, 0.1) is 23.1 Å². The van der Waals surface area contributed by atoms with Gasteiger partial charge in [-0.15, -0.1) is 12.4 Å². The second-order valence-electron chi connectivity index (χ2n) is 7.37. The molecule has 1 aliphatic rings. The van der Waals surface area contributed by atoms with Gasteiger partial charge < -0.3 is 4.90 Å². The van der Waals surface area contributed by atoms with Crippen LogP contribution in [0, 0.1) is 12.7 Å². The van der Waals surface area contributed by atoms with Gasteiger partial charge in [-0.25, -0.2) is 9.07 Å². The molecule has 2 aromatic carbocycles. The van der Waals surface area contributed by atoms with Gasteiger partial charge in [0, 0.05) is 44.8 Å². The van der Waals surface area contributed by atoms with E-state index in [4.69, 9.17) is 0 Å². The van der Waals surface area contributed by atoms with Crippen molar-refractivity contribution in [3.05, 3.63) is 77.9 Å². The van der Waals surface area contributed by atoms with Crippen molar-refractivity contribution in [2.45, 2.75) is 13.3 Å². The van der Waals surface area contributed by atoms with Gasteiger partial charge in [-0.2, -0.15) is 5.10 Å². The summed E-state index contributed by atoms with van der Waals surface area (Å²) in [5.74, 6) is -0.0811. The number of piperazine rings is 1. The molecule has 1 aliphatic heterocycles. The van der Waals surface area contributed by atoms with Gasteiger partial charge in [0.1, 0.15) is 5.82 Å². The quantitative estimate of drug-likeness (QED) is 0.553. The van der Waals surface area contributed by atoms with Gasteiger partial charge in [-0.05, 0) is 43.3 Å². The maximum atomic E-state index is 13.1. The minimum absolute atomic E-state index is 0. The Kier molecular flexibility index (Phi) is 7.24. The highest BCUT2D eigenvalue weighted by Crippen LogP contribution is 2.18. The molecule has 0 radical (unpaired) electrons. The molecule has 0 unspecified atom stereocenters. The molecule has 30 heavy (non-hydrogen) atoms. The number of anilines is 1. The van der Waals surface area contributed by atoms with E-state index in [9.17, 15) is 9.18 Å². The van der Waals surface area contributed by atoms with Crippen LogP contribution in [0.15, 0.2) is 60.8 Å². The standard InChI is InChI=1S/C23H25FN4O.ClH/c1-18-22(17-25-28(18)21-5-3-2-4-6-21)23(29)11-12-26-13-15-27(16-14-26)20-9-7-19(24)8-10-20;/h2-10,17H,11-16H2,1H3;1H. The third-order valence-electron chi connectivity index (χ3n) is 5.53. The molecule has 0 bridgehead atoms. The van der Waals surface area contributed by atoms with E-state index in [-0.39, 0.29) is 24.0 Å². The first-order valence-corrected chi connectivity index (χ1v) is 9.98. The van der Waals surface area contributed by atoms with Crippen LogP contribution in [-0.4, -0.2) is 53.2 Å². The minimum Gasteiger partial charge on any atom is -0.369 e. The lowest BCUT2D eigenvalue weighted by atomic mass is 10.1. The minimum atomic E-state index is -0.211. The Morgan fingerprint density at radius 3 is 2.30 bits per heavy atom. The molecule has 1 aromatic heterocycles. The first-order chi connectivity index (χ1) is 14.1. The largest absolute Gasteiger partial charge is 0.369 e. The molecule has 3 aromatic rings. The average molecular weight is 429 g/mol. The second kappa shape index (κ2) is 9.87. The van der Waals surface area contributed by atoms with Crippen LogP contribution in [0.25, 0.3) is 5.69 Å². The maximum absolute atomic E-state index is 13.1. The predicted octanol–water partition coefficient (Wildman–Crippen LogP) is 4.14. The fourth-order valence-corrected chi connectivity index (χ4v) is 3.79. The molecule has 0 aliphatic carbocycles. The van der Waals surface area contributed by atoms with Crippen molar-refractivity contribution >= 4 is 23.9 Å². The number of carbonyl (C=O) groups is 1. The Hall–Kier alpha value is -2.70. The molecule has 158 valence electrons. The predicted molar refractivity (Wildman–Crippen MR) is 120 cm³/mol. The summed E-state index contributed by atoms with van der Waals surface area (Å²) >= 11 is 0. The molecule has 0 amide bonds. The topological polar surface area (TPSA) is 41.4 Å². The number of halogens is 2. The molecular weight excluding hydrogens is 403 g/mol. The lowest BCUT2D eigenvalue weighted by Gasteiger charge is -2.36. The van der Waals surface area contributed by atoms with Crippen LogP contribution in [-0.2, 0) is 0 Å². The summed E-state index contributed by atoms with van der Waals surface area (Å²) in [6.45, 7) is 6.23. The molecule has 1 saturated heterocycles. The van der Waals surface area contributed by atoms with E-state index >= 15 is 0 Å². The molecule has 0 atom stereocenters. The Balaban J connectivity index is 0.00000256. The summed E-state index contributed by atoms with van der Waals surface area (Å²) in [6, 6.07) is 16.5. The Labute approximate surface area is 182 Å². The highest BCUT2D eigenvalue weighted by molar-refractivity contribution is 5.97. The monoisotopic (exact) mass is 428 g/mol. The van der Waals surface area contributed by atoms with Crippen molar-refractivity contribution in [2.75, 3.05) is 37.6 Å². The number of para-hydroxylation sites is 1. The number of nitrogens with zero attached hydrogens (tertiary/aromatic N) is 4. The van der Waals surface area contributed by atoms with Gasteiger partial charge in [0.25, 0.3) is 0 Å². The molecule has 2 heterocycles. The third kappa shape index (κ3) is 4.89. The maximum Gasteiger partial charge on any atom is 0.167 e. The van der Waals surface area contributed by atoms with Crippen molar-refractivity contribution in [1.29, 1.82) is 0 Å². The van der Waals surface area contributed by atoms with Gasteiger partial charge in [-0.1, -0.05) is 18.2 Å². The summed E-state index contributed by atoms with van der Waals surface area (Å²) in [5.41, 5.74) is 3.58. The van der Waals surface area contributed by atoms with Crippen LogP contribution in [0.2, 0.25) is 0 Å². The SMILES string of the molecule is Cc1c(C(=O)CCN2CCN(c3ccc(F)cc3)CC2)cnn1-c1ccccc1.Cl. The summed E-state index contributed by atoms with van der Waals surface area (Å²) < 4.78 is 14.9. The third-order valence-corrected chi connectivity index (χ3v) is 5.53. The molecule has 5 nitrogen and oxygen atoms in total. The van der Waals surface area contributed by atoms with E-state index in [1.807, 2.05) is 54.1 Å². The zero-order valence-electron chi connectivity index (χ0n) is 17.0. The van der Waals surface area contributed by atoms with E-state index in [1.165, 1.54) is 12.1 Å². The molecule has 0 N–H and O–H groups in total. The van der Waals surface area contributed by atoms with E-state index in [2.05, 4.69) is 14.9 Å². The zero-order valence-corrected chi connectivity index (χ0v) is 17.8. The van der Waals surface area contributed by atoms with Gasteiger partial charge in [-0.3, -0.25) is 9.69 Å². The summed E-state index contributed by atoms with van der Waals surface area (Å²) in [7, 11) is 0. The summed E-state index contributed by atoms with van der Waals surface area (Å²) in [4.78, 5) is 17.3. The Morgan fingerprint density at radius 2 is 1.63 bits per heavy atom. The molecule has 7 heteroatoms. The van der Waals surface area contributed by atoms with Crippen molar-refractivity contribution in [3.63, 3.8) is 0 Å². The number of benzene rings is 2. The number of hydrogen-bond donors (Lipinski definition) is 0. The van der Waals surface area contributed by atoms with E-state index in [0.717, 1.165) is 49.8 Å². The molecule has 4 rings (SSSR count). The van der Waals surface area contributed by atoms with Gasteiger partial charge in [0.15, 0.2) is 5.78 Å². The lowest BCUT2D eigenvalue weighted by molar-refractivity contribution is 0.0962. The van der Waals surface area contributed by atoms with Crippen molar-refractivity contribution < 1.29 is 9.18 Å². The smallest absolute Gasteiger partial charge is 0.167 e.